The Morgan fingerprint density at radius 2 is 1.84 bits per heavy atom. The topological polar surface area (TPSA) is 30.0 Å². The predicted molar refractivity (Wildman–Crippen MR) is 60.0 cm³/mol. The van der Waals surface area contributed by atoms with E-state index in [4.69, 9.17) is 0 Å². The zero-order valence-electron chi connectivity index (χ0n) is 9.41. The monoisotopic (exact) mass is 269 g/mol. The third kappa shape index (κ3) is 2.78. The van der Waals surface area contributed by atoms with Gasteiger partial charge in [-0.15, -0.1) is 0 Å². The maximum atomic E-state index is 12.9. The second kappa shape index (κ2) is 4.79. The molecule has 1 heterocycles. The minimum Gasteiger partial charge on any atom is -0.298 e. The van der Waals surface area contributed by atoms with E-state index in [9.17, 15) is 22.4 Å². The second-order valence-corrected chi connectivity index (χ2v) is 3.79. The summed E-state index contributed by atoms with van der Waals surface area (Å²) in [5.41, 5.74) is -0.902. The maximum absolute atomic E-state index is 12.9. The third-order valence-electron chi connectivity index (χ3n) is 2.52. The molecule has 19 heavy (non-hydrogen) atoms. The van der Waals surface area contributed by atoms with Crippen LogP contribution < -0.4 is 0 Å². The fraction of sp³-hybridized carbons (Fsp3) is 0.0769. The van der Waals surface area contributed by atoms with Crippen molar-refractivity contribution in [3.05, 3.63) is 53.6 Å². The Balaban J connectivity index is 2.64. The van der Waals surface area contributed by atoms with Crippen LogP contribution in [0.15, 0.2) is 36.5 Å². The number of carbonyl (C=O) groups is 1. The summed E-state index contributed by atoms with van der Waals surface area (Å²) in [6, 6.07) is 5.15. The number of pyridine rings is 1. The van der Waals surface area contributed by atoms with E-state index in [1.807, 2.05) is 0 Å². The Bertz CT molecular complexity index is 605. The lowest BCUT2D eigenvalue weighted by Gasteiger charge is -2.13. The van der Waals surface area contributed by atoms with Gasteiger partial charge in [-0.05, 0) is 29.8 Å². The van der Waals surface area contributed by atoms with Crippen molar-refractivity contribution in [3.63, 3.8) is 0 Å². The van der Waals surface area contributed by atoms with Crippen LogP contribution in [0.1, 0.15) is 15.9 Å². The standard InChI is InChI=1S/C13H7F4NO/c14-12-4-2-9(6-18-12)10-5-8(7-19)1-3-11(10)13(15,16)17/h1-7H. The van der Waals surface area contributed by atoms with Gasteiger partial charge in [0, 0.05) is 17.3 Å². The molecule has 0 aliphatic carbocycles. The molecule has 0 N–H and O–H groups in total. The molecule has 0 saturated heterocycles. The lowest BCUT2D eigenvalue weighted by Crippen LogP contribution is -2.07. The highest BCUT2D eigenvalue weighted by molar-refractivity contribution is 5.80. The molecule has 1 aromatic carbocycles. The molecule has 6 heteroatoms. The van der Waals surface area contributed by atoms with E-state index < -0.39 is 17.7 Å². The Morgan fingerprint density at radius 1 is 1.11 bits per heavy atom. The summed E-state index contributed by atoms with van der Waals surface area (Å²) in [4.78, 5) is 14.0. The van der Waals surface area contributed by atoms with E-state index in [0.717, 1.165) is 30.5 Å². The normalized spacial score (nSPS) is 11.4. The van der Waals surface area contributed by atoms with Gasteiger partial charge in [-0.1, -0.05) is 6.07 Å². The molecule has 0 saturated carbocycles. The van der Waals surface area contributed by atoms with Crippen LogP contribution in [0.3, 0.4) is 0 Å². The summed E-state index contributed by atoms with van der Waals surface area (Å²) in [6.07, 6.45) is -3.12. The van der Waals surface area contributed by atoms with E-state index in [-0.39, 0.29) is 16.7 Å². The van der Waals surface area contributed by atoms with Gasteiger partial charge >= 0.3 is 6.18 Å². The van der Waals surface area contributed by atoms with E-state index in [0.29, 0.717) is 6.29 Å². The second-order valence-electron chi connectivity index (χ2n) is 3.79. The Hall–Kier alpha value is -2.24. The first-order chi connectivity index (χ1) is 8.91. The van der Waals surface area contributed by atoms with Crippen LogP contribution in [0.5, 0.6) is 0 Å². The molecule has 0 aliphatic rings. The number of aromatic nitrogens is 1. The average molecular weight is 269 g/mol. The molecule has 98 valence electrons. The largest absolute Gasteiger partial charge is 0.417 e. The molecule has 0 aliphatic heterocycles. The number of benzene rings is 1. The van der Waals surface area contributed by atoms with Gasteiger partial charge in [-0.2, -0.15) is 17.6 Å². The van der Waals surface area contributed by atoms with Crippen molar-refractivity contribution in [2.24, 2.45) is 0 Å². The van der Waals surface area contributed by atoms with Gasteiger partial charge in [0.1, 0.15) is 6.29 Å². The molecule has 0 radical (unpaired) electrons. The third-order valence-corrected chi connectivity index (χ3v) is 2.52. The van der Waals surface area contributed by atoms with Crippen LogP contribution >= 0.6 is 0 Å². The quantitative estimate of drug-likeness (QED) is 0.472. The van der Waals surface area contributed by atoms with Gasteiger partial charge < -0.3 is 0 Å². The smallest absolute Gasteiger partial charge is 0.298 e. The number of rotatable bonds is 2. The van der Waals surface area contributed by atoms with E-state index >= 15 is 0 Å². The predicted octanol–water partition coefficient (Wildman–Crippen LogP) is 3.72. The summed E-state index contributed by atoms with van der Waals surface area (Å²) in [6.45, 7) is 0. The van der Waals surface area contributed by atoms with Crippen LogP contribution in [0.2, 0.25) is 0 Å². The summed E-state index contributed by atoms with van der Waals surface area (Å²) >= 11 is 0. The van der Waals surface area contributed by atoms with Gasteiger partial charge in [0.25, 0.3) is 0 Å². The molecular weight excluding hydrogens is 262 g/mol. The highest BCUT2D eigenvalue weighted by atomic mass is 19.4. The SMILES string of the molecule is O=Cc1ccc(C(F)(F)F)c(-c2ccc(F)nc2)c1. The van der Waals surface area contributed by atoms with E-state index in [2.05, 4.69) is 4.98 Å². The maximum Gasteiger partial charge on any atom is 0.417 e. The van der Waals surface area contributed by atoms with Crippen LogP contribution in [-0.4, -0.2) is 11.3 Å². The zero-order chi connectivity index (χ0) is 14.0. The van der Waals surface area contributed by atoms with Gasteiger partial charge in [0.2, 0.25) is 5.95 Å². The number of alkyl halides is 3. The molecule has 2 rings (SSSR count). The number of hydrogen-bond acceptors (Lipinski definition) is 2. The van der Waals surface area contributed by atoms with Crippen LogP contribution in [0.25, 0.3) is 11.1 Å². The van der Waals surface area contributed by atoms with Crippen LogP contribution in [-0.2, 0) is 6.18 Å². The van der Waals surface area contributed by atoms with Gasteiger partial charge in [-0.3, -0.25) is 4.79 Å². The van der Waals surface area contributed by atoms with Gasteiger partial charge in [-0.25, -0.2) is 4.98 Å². The van der Waals surface area contributed by atoms with Gasteiger partial charge in [0.05, 0.1) is 5.56 Å². The molecule has 0 atom stereocenters. The molecule has 0 bridgehead atoms. The molecule has 0 fully saturated rings. The molecule has 2 aromatic rings. The summed E-state index contributed by atoms with van der Waals surface area (Å²) < 4.78 is 51.3. The first-order valence-electron chi connectivity index (χ1n) is 5.20. The first kappa shape index (κ1) is 13.2. The molecule has 0 unspecified atom stereocenters. The number of nitrogens with zero attached hydrogens (tertiary/aromatic N) is 1. The van der Waals surface area contributed by atoms with E-state index in [1.165, 1.54) is 6.07 Å². The van der Waals surface area contributed by atoms with Crippen molar-refractivity contribution >= 4 is 6.29 Å². The lowest BCUT2D eigenvalue weighted by molar-refractivity contribution is -0.137. The van der Waals surface area contributed by atoms with Crippen LogP contribution in [0, 0.1) is 5.95 Å². The van der Waals surface area contributed by atoms with Crippen molar-refractivity contribution in [2.75, 3.05) is 0 Å². The number of aldehydes is 1. The highest BCUT2D eigenvalue weighted by Gasteiger charge is 2.33. The van der Waals surface area contributed by atoms with Crippen molar-refractivity contribution in [1.29, 1.82) is 0 Å². The first-order valence-corrected chi connectivity index (χ1v) is 5.20. The Morgan fingerprint density at radius 3 is 2.37 bits per heavy atom. The minimum atomic E-state index is -4.56. The summed E-state index contributed by atoms with van der Waals surface area (Å²) in [5, 5.41) is 0. The van der Waals surface area contributed by atoms with Crippen molar-refractivity contribution < 1.29 is 22.4 Å². The fourth-order valence-corrected chi connectivity index (χ4v) is 1.66. The molecule has 0 spiro atoms. The minimum absolute atomic E-state index is 0.0948. The van der Waals surface area contributed by atoms with Crippen molar-refractivity contribution in [2.45, 2.75) is 6.18 Å². The Labute approximate surface area is 105 Å². The number of hydrogen-bond donors (Lipinski definition) is 0. The van der Waals surface area contributed by atoms with Crippen LogP contribution in [0.4, 0.5) is 17.6 Å². The number of halogens is 4. The summed E-state index contributed by atoms with van der Waals surface area (Å²) in [5.74, 6) is -0.788. The van der Waals surface area contributed by atoms with Crippen molar-refractivity contribution in [1.82, 2.24) is 4.98 Å². The zero-order valence-corrected chi connectivity index (χ0v) is 9.41. The van der Waals surface area contributed by atoms with E-state index in [1.54, 1.807) is 0 Å². The fourth-order valence-electron chi connectivity index (χ4n) is 1.66. The van der Waals surface area contributed by atoms with Gasteiger partial charge in [0.15, 0.2) is 0 Å². The molecule has 0 amide bonds. The highest BCUT2D eigenvalue weighted by Crippen LogP contribution is 2.37. The number of carbonyl (C=O) groups excluding carboxylic acids is 1. The average Bonchev–Trinajstić information content (AvgIpc) is 2.38. The van der Waals surface area contributed by atoms with Crippen molar-refractivity contribution in [3.8, 4) is 11.1 Å². The lowest BCUT2D eigenvalue weighted by atomic mass is 9.98. The molecular formula is C13H7F4NO. The summed E-state index contributed by atoms with van der Waals surface area (Å²) in [7, 11) is 0. The molecule has 1 aromatic heterocycles. The molecule has 2 nitrogen and oxygen atoms in total. The Kier molecular flexibility index (Phi) is 3.33.